The molecule has 0 unspecified atom stereocenters. The summed E-state index contributed by atoms with van der Waals surface area (Å²) in [6.45, 7) is 8.75. The van der Waals surface area contributed by atoms with Gasteiger partial charge in [-0.25, -0.2) is 4.79 Å². The molecule has 0 aromatic heterocycles. The van der Waals surface area contributed by atoms with E-state index in [1.807, 2.05) is 0 Å². The van der Waals surface area contributed by atoms with Crippen LogP contribution in [-0.2, 0) is 14.3 Å². The molecular formula is C19H34N2O5. The number of nitrogens with one attached hydrogen (secondary N) is 1. The first-order valence-electron chi connectivity index (χ1n) is 9.61. The zero-order valence-corrected chi connectivity index (χ0v) is 16.5. The normalized spacial score (nSPS) is 19.1. The molecule has 0 radical (unpaired) electrons. The van der Waals surface area contributed by atoms with Crippen LogP contribution < -0.4 is 5.32 Å². The van der Waals surface area contributed by atoms with Gasteiger partial charge in [-0.3, -0.25) is 14.5 Å². The predicted octanol–water partition coefficient (Wildman–Crippen LogP) is 2.83. The first kappa shape index (κ1) is 22.4. The highest BCUT2D eigenvalue weighted by Gasteiger charge is 2.38. The summed E-state index contributed by atoms with van der Waals surface area (Å²) >= 11 is 0. The number of Topliss-reactive ketones (excluding diaryl/α,β-unsaturated/α-hetero) is 1. The van der Waals surface area contributed by atoms with Crippen molar-refractivity contribution in [3.05, 3.63) is 0 Å². The lowest BCUT2D eigenvalue weighted by Gasteiger charge is -2.37. The van der Waals surface area contributed by atoms with Gasteiger partial charge in [0.25, 0.3) is 0 Å². The first-order chi connectivity index (χ1) is 12.2. The van der Waals surface area contributed by atoms with E-state index in [0.29, 0.717) is 26.1 Å². The summed E-state index contributed by atoms with van der Waals surface area (Å²) in [7, 11) is 0. The van der Waals surface area contributed by atoms with Crippen LogP contribution in [0, 0.1) is 5.92 Å². The molecule has 2 atom stereocenters. The van der Waals surface area contributed by atoms with Crippen LogP contribution in [0.4, 0.5) is 4.79 Å². The molecule has 150 valence electrons. The zero-order chi connectivity index (χ0) is 19.7. The van der Waals surface area contributed by atoms with E-state index < -0.39 is 29.6 Å². The van der Waals surface area contributed by atoms with Crippen molar-refractivity contribution >= 4 is 17.8 Å². The molecule has 7 nitrogen and oxygen atoms in total. The number of amides is 1. The zero-order valence-electron chi connectivity index (χ0n) is 16.5. The third-order valence-corrected chi connectivity index (χ3v) is 4.43. The molecule has 1 saturated heterocycles. The highest BCUT2D eigenvalue weighted by atomic mass is 16.6. The van der Waals surface area contributed by atoms with Crippen LogP contribution >= 0.6 is 0 Å². The second kappa shape index (κ2) is 10.5. The van der Waals surface area contributed by atoms with Gasteiger partial charge in [0, 0.05) is 25.6 Å². The van der Waals surface area contributed by atoms with Gasteiger partial charge in [0.1, 0.15) is 11.6 Å². The molecule has 0 aromatic carbocycles. The Balaban J connectivity index is 2.83. The van der Waals surface area contributed by atoms with Gasteiger partial charge in [-0.15, -0.1) is 0 Å². The number of rotatable bonds is 9. The van der Waals surface area contributed by atoms with Crippen molar-refractivity contribution < 1.29 is 24.2 Å². The summed E-state index contributed by atoms with van der Waals surface area (Å²) in [4.78, 5) is 38.2. The van der Waals surface area contributed by atoms with Crippen molar-refractivity contribution in [2.75, 3.05) is 19.6 Å². The van der Waals surface area contributed by atoms with E-state index in [-0.39, 0.29) is 12.2 Å². The molecule has 1 heterocycles. The van der Waals surface area contributed by atoms with Crippen molar-refractivity contribution in [1.82, 2.24) is 10.2 Å². The minimum atomic E-state index is -0.980. The summed E-state index contributed by atoms with van der Waals surface area (Å²) in [5.74, 6) is -1.73. The number of carbonyl (C=O) groups excluding carboxylic acids is 2. The average Bonchev–Trinajstić information content (AvgIpc) is 2.55. The van der Waals surface area contributed by atoms with Gasteiger partial charge >= 0.3 is 12.1 Å². The van der Waals surface area contributed by atoms with Gasteiger partial charge < -0.3 is 15.2 Å². The van der Waals surface area contributed by atoms with Crippen LogP contribution in [0.15, 0.2) is 0 Å². The number of ketones is 1. The Kier molecular flexibility index (Phi) is 9.05. The molecule has 2 N–H and O–H groups in total. The molecule has 1 aliphatic heterocycles. The number of nitrogens with zero attached hydrogens (tertiary/aromatic N) is 1. The molecular weight excluding hydrogens is 336 g/mol. The maximum Gasteiger partial charge on any atom is 0.410 e. The standard InChI is InChI=1S/C19H34N2O5/c1-5-6-7-8-9-14(12-16(22)23)17(24)15-13-20-10-11-21(15)18(25)26-19(2,3)4/h14-15,20H,5-13H2,1-4H3,(H,22,23)/t14-,15+/m1/s1. The molecule has 1 aliphatic rings. The fourth-order valence-corrected chi connectivity index (χ4v) is 3.14. The molecule has 0 aromatic rings. The van der Waals surface area contributed by atoms with Crippen LogP contribution in [-0.4, -0.2) is 59.1 Å². The predicted molar refractivity (Wildman–Crippen MR) is 99.1 cm³/mol. The fourth-order valence-electron chi connectivity index (χ4n) is 3.14. The van der Waals surface area contributed by atoms with E-state index in [0.717, 1.165) is 25.7 Å². The number of carboxylic acid groups (broad SMARTS) is 1. The van der Waals surface area contributed by atoms with Gasteiger partial charge in [0.05, 0.1) is 6.42 Å². The lowest BCUT2D eigenvalue weighted by molar-refractivity contribution is -0.142. The number of ether oxygens (including phenoxy) is 1. The molecule has 7 heteroatoms. The molecule has 26 heavy (non-hydrogen) atoms. The largest absolute Gasteiger partial charge is 0.481 e. The summed E-state index contributed by atoms with van der Waals surface area (Å²) in [6, 6.07) is -0.672. The highest BCUT2D eigenvalue weighted by Crippen LogP contribution is 2.22. The molecule has 0 aliphatic carbocycles. The quantitative estimate of drug-likeness (QED) is 0.606. The van der Waals surface area contributed by atoms with Crippen LogP contribution in [0.2, 0.25) is 0 Å². The van der Waals surface area contributed by atoms with Crippen molar-refractivity contribution in [2.45, 2.75) is 77.9 Å². The van der Waals surface area contributed by atoms with E-state index >= 15 is 0 Å². The Morgan fingerprint density at radius 3 is 2.50 bits per heavy atom. The van der Waals surface area contributed by atoms with Crippen LogP contribution in [0.5, 0.6) is 0 Å². The van der Waals surface area contributed by atoms with E-state index in [4.69, 9.17) is 4.74 Å². The minimum Gasteiger partial charge on any atom is -0.481 e. The van der Waals surface area contributed by atoms with Crippen LogP contribution in [0.25, 0.3) is 0 Å². The van der Waals surface area contributed by atoms with E-state index in [9.17, 15) is 19.5 Å². The fraction of sp³-hybridized carbons (Fsp3) is 0.842. The number of unbranched alkanes of at least 4 members (excludes halogenated alkanes) is 3. The SMILES string of the molecule is CCCCCC[C@H](CC(=O)O)C(=O)[C@@H]1CNCCN1C(=O)OC(C)(C)C. The van der Waals surface area contributed by atoms with E-state index in [2.05, 4.69) is 12.2 Å². The maximum absolute atomic E-state index is 13.0. The third-order valence-electron chi connectivity index (χ3n) is 4.43. The molecule has 0 spiro atoms. The lowest BCUT2D eigenvalue weighted by Crippen LogP contribution is -2.59. The number of aliphatic carboxylic acids is 1. The van der Waals surface area contributed by atoms with Gasteiger partial charge in [0.15, 0.2) is 5.78 Å². The second-order valence-corrected chi connectivity index (χ2v) is 7.94. The minimum absolute atomic E-state index is 0.179. The number of piperazine rings is 1. The van der Waals surface area contributed by atoms with Gasteiger partial charge in [-0.2, -0.15) is 0 Å². The number of carbonyl (C=O) groups is 3. The van der Waals surface area contributed by atoms with Gasteiger partial charge in [0.2, 0.25) is 0 Å². The van der Waals surface area contributed by atoms with Crippen molar-refractivity contribution in [3.63, 3.8) is 0 Å². The van der Waals surface area contributed by atoms with Gasteiger partial charge in [-0.1, -0.05) is 32.6 Å². The summed E-state index contributed by atoms with van der Waals surface area (Å²) in [5.41, 5.74) is -0.643. The maximum atomic E-state index is 13.0. The van der Waals surface area contributed by atoms with Crippen molar-refractivity contribution in [3.8, 4) is 0 Å². The molecule has 1 fully saturated rings. The molecule has 0 saturated carbocycles. The van der Waals surface area contributed by atoms with Crippen LogP contribution in [0.1, 0.15) is 66.2 Å². The summed E-state index contributed by atoms with van der Waals surface area (Å²) in [6.07, 6.45) is 3.80. The monoisotopic (exact) mass is 370 g/mol. The lowest BCUT2D eigenvalue weighted by atomic mass is 9.88. The third kappa shape index (κ3) is 7.72. The van der Waals surface area contributed by atoms with Crippen molar-refractivity contribution in [2.24, 2.45) is 5.92 Å². The Morgan fingerprint density at radius 2 is 1.92 bits per heavy atom. The molecule has 0 bridgehead atoms. The topological polar surface area (TPSA) is 95.9 Å². The highest BCUT2D eigenvalue weighted by molar-refractivity contribution is 5.91. The van der Waals surface area contributed by atoms with Crippen LogP contribution in [0.3, 0.4) is 0 Å². The number of carboxylic acids is 1. The Hall–Kier alpha value is -1.63. The van der Waals surface area contributed by atoms with Crippen molar-refractivity contribution in [1.29, 1.82) is 0 Å². The second-order valence-electron chi connectivity index (χ2n) is 7.94. The summed E-state index contributed by atoms with van der Waals surface area (Å²) < 4.78 is 5.42. The van der Waals surface area contributed by atoms with E-state index in [1.165, 1.54) is 4.90 Å². The Morgan fingerprint density at radius 1 is 1.23 bits per heavy atom. The van der Waals surface area contributed by atoms with Gasteiger partial charge in [-0.05, 0) is 27.2 Å². The smallest absolute Gasteiger partial charge is 0.410 e. The number of hydrogen-bond acceptors (Lipinski definition) is 5. The molecule has 1 rings (SSSR count). The first-order valence-corrected chi connectivity index (χ1v) is 9.61. The Labute approximate surface area is 156 Å². The summed E-state index contributed by atoms with van der Waals surface area (Å²) in [5, 5.41) is 12.3. The Bertz CT molecular complexity index is 487. The van der Waals surface area contributed by atoms with E-state index in [1.54, 1.807) is 20.8 Å². The average molecular weight is 370 g/mol. The molecule has 1 amide bonds. The number of hydrogen-bond donors (Lipinski definition) is 2.